The maximum absolute atomic E-state index is 13.1. The van der Waals surface area contributed by atoms with Gasteiger partial charge in [-0.25, -0.2) is 0 Å². The van der Waals surface area contributed by atoms with Crippen LogP contribution in [-0.4, -0.2) is 13.2 Å². The molecular weight excluding hydrogens is 323 g/mol. The third-order valence-electron chi connectivity index (χ3n) is 3.76. The van der Waals surface area contributed by atoms with Crippen LogP contribution in [0.2, 0.25) is 0 Å². The van der Waals surface area contributed by atoms with Gasteiger partial charge >= 0.3 is 6.18 Å². The number of rotatable bonds is 3. The van der Waals surface area contributed by atoms with E-state index in [0.717, 1.165) is 18.9 Å². The molecule has 2 rings (SSSR count). The van der Waals surface area contributed by atoms with E-state index >= 15 is 0 Å². The summed E-state index contributed by atoms with van der Waals surface area (Å²) >= 11 is 3.14. The van der Waals surface area contributed by atoms with Gasteiger partial charge < -0.3 is 10.5 Å². The van der Waals surface area contributed by atoms with Crippen molar-refractivity contribution in [1.82, 2.24) is 0 Å². The summed E-state index contributed by atoms with van der Waals surface area (Å²) < 4.78 is 44.6. The summed E-state index contributed by atoms with van der Waals surface area (Å²) in [5.74, 6) is -0.106. The standard InChI is InChI=1S/C13H15BrF3NO/c1-7(18)12(3-4-12)9-5-8(14)6-10(11(9)19-2)13(15,16)17/h5-7H,3-4,18H2,1-2H3. The number of methoxy groups -OCH3 is 1. The molecule has 0 heterocycles. The topological polar surface area (TPSA) is 35.2 Å². The second-order valence-electron chi connectivity index (χ2n) is 4.98. The largest absolute Gasteiger partial charge is 0.496 e. The molecule has 0 spiro atoms. The molecular formula is C13H15BrF3NO. The van der Waals surface area contributed by atoms with Crippen molar-refractivity contribution < 1.29 is 17.9 Å². The van der Waals surface area contributed by atoms with Gasteiger partial charge in [-0.1, -0.05) is 15.9 Å². The normalized spacial score (nSPS) is 19.1. The summed E-state index contributed by atoms with van der Waals surface area (Å²) in [5.41, 5.74) is 5.34. The molecule has 0 aromatic heterocycles. The van der Waals surface area contributed by atoms with E-state index in [1.165, 1.54) is 7.11 Å². The van der Waals surface area contributed by atoms with Crippen LogP contribution in [0.1, 0.15) is 30.9 Å². The first-order valence-corrected chi connectivity index (χ1v) is 6.72. The summed E-state index contributed by atoms with van der Waals surface area (Å²) in [7, 11) is 1.26. The molecule has 1 aromatic carbocycles. The summed E-state index contributed by atoms with van der Waals surface area (Å²) in [4.78, 5) is 0. The maximum Gasteiger partial charge on any atom is 0.420 e. The molecule has 1 aliphatic rings. The molecule has 1 aromatic rings. The molecule has 106 valence electrons. The van der Waals surface area contributed by atoms with Crippen LogP contribution in [0.4, 0.5) is 13.2 Å². The molecule has 0 amide bonds. The van der Waals surface area contributed by atoms with Crippen LogP contribution in [0, 0.1) is 0 Å². The van der Waals surface area contributed by atoms with E-state index in [1.54, 1.807) is 6.07 Å². The minimum Gasteiger partial charge on any atom is -0.496 e. The SMILES string of the molecule is COc1c(C(F)(F)F)cc(Br)cc1C1(C(C)N)CC1. The zero-order valence-electron chi connectivity index (χ0n) is 10.6. The average molecular weight is 338 g/mol. The Morgan fingerprint density at radius 3 is 2.32 bits per heavy atom. The lowest BCUT2D eigenvalue weighted by Gasteiger charge is -2.25. The zero-order valence-corrected chi connectivity index (χ0v) is 12.2. The lowest BCUT2D eigenvalue weighted by Crippen LogP contribution is -2.32. The van der Waals surface area contributed by atoms with E-state index in [1.807, 2.05) is 6.92 Å². The van der Waals surface area contributed by atoms with Crippen molar-refractivity contribution in [3.63, 3.8) is 0 Å². The highest BCUT2D eigenvalue weighted by molar-refractivity contribution is 9.10. The van der Waals surface area contributed by atoms with Crippen molar-refractivity contribution in [3.8, 4) is 5.75 Å². The zero-order chi connectivity index (χ0) is 14.4. The first-order valence-electron chi connectivity index (χ1n) is 5.93. The van der Waals surface area contributed by atoms with E-state index < -0.39 is 17.2 Å². The van der Waals surface area contributed by atoms with E-state index in [2.05, 4.69) is 15.9 Å². The fourth-order valence-corrected chi connectivity index (χ4v) is 2.96. The van der Waals surface area contributed by atoms with Crippen molar-refractivity contribution in [2.45, 2.75) is 37.4 Å². The number of ether oxygens (including phenoxy) is 1. The van der Waals surface area contributed by atoms with E-state index in [4.69, 9.17) is 10.5 Å². The molecule has 1 atom stereocenters. The number of nitrogens with two attached hydrogens (primary N) is 1. The van der Waals surface area contributed by atoms with Crippen LogP contribution in [0.3, 0.4) is 0 Å². The third kappa shape index (κ3) is 2.48. The Morgan fingerprint density at radius 1 is 1.37 bits per heavy atom. The van der Waals surface area contributed by atoms with E-state index in [0.29, 0.717) is 10.0 Å². The van der Waals surface area contributed by atoms with Gasteiger partial charge in [-0.2, -0.15) is 13.2 Å². The molecule has 1 saturated carbocycles. The van der Waals surface area contributed by atoms with Crippen molar-refractivity contribution in [2.24, 2.45) is 5.73 Å². The van der Waals surface area contributed by atoms with Gasteiger partial charge in [-0.05, 0) is 31.9 Å². The molecule has 2 nitrogen and oxygen atoms in total. The second-order valence-corrected chi connectivity index (χ2v) is 5.89. The molecule has 1 unspecified atom stereocenters. The summed E-state index contributed by atoms with van der Waals surface area (Å²) in [6.07, 6.45) is -2.87. The summed E-state index contributed by atoms with van der Waals surface area (Å²) in [5, 5.41) is 0. The van der Waals surface area contributed by atoms with Crippen LogP contribution in [0.25, 0.3) is 0 Å². The van der Waals surface area contributed by atoms with E-state index in [9.17, 15) is 13.2 Å². The van der Waals surface area contributed by atoms with Gasteiger partial charge in [0.05, 0.1) is 12.7 Å². The monoisotopic (exact) mass is 337 g/mol. The smallest absolute Gasteiger partial charge is 0.420 e. The Balaban J connectivity index is 2.65. The molecule has 0 radical (unpaired) electrons. The van der Waals surface area contributed by atoms with Gasteiger partial charge in [-0.15, -0.1) is 0 Å². The third-order valence-corrected chi connectivity index (χ3v) is 4.22. The van der Waals surface area contributed by atoms with Crippen molar-refractivity contribution >= 4 is 15.9 Å². The van der Waals surface area contributed by atoms with Crippen molar-refractivity contribution in [3.05, 3.63) is 27.7 Å². The molecule has 6 heteroatoms. The Kier molecular flexibility index (Phi) is 3.60. The van der Waals surface area contributed by atoms with Gasteiger partial charge in [0.15, 0.2) is 0 Å². The number of hydrogen-bond acceptors (Lipinski definition) is 2. The Hall–Kier alpha value is -0.750. The quantitative estimate of drug-likeness (QED) is 0.909. The fraction of sp³-hybridized carbons (Fsp3) is 0.538. The van der Waals surface area contributed by atoms with Crippen LogP contribution in [0.5, 0.6) is 5.75 Å². The highest BCUT2D eigenvalue weighted by Crippen LogP contribution is 2.55. The highest BCUT2D eigenvalue weighted by Gasteiger charge is 2.51. The summed E-state index contributed by atoms with van der Waals surface area (Å²) in [6.45, 7) is 1.82. The lowest BCUT2D eigenvalue weighted by atomic mass is 9.87. The number of halogens is 4. The van der Waals surface area contributed by atoms with Gasteiger partial charge in [-0.3, -0.25) is 0 Å². The van der Waals surface area contributed by atoms with Crippen molar-refractivity contribution in [1.29, 1.82) is 0 Å². The molecule has 0 saturated heterocycles. The van der Waals surface area contributed by atoms with E-state index in [-0.39, 0.29) is 11.8 Å². The maximum atomic E-state index is 13.1. The van der Waals surface area contributed by atoms with Crippen molar-refractivity contribution in [2.75, 3.05) is 7.11 Å². The molecule has 1 fully saturated rings. The predicted molar refractivity (Wildman–Crippen MR) is 70.3 cm³/mol. The Labute approximate surface area is 118 Å². The minimum absolute atomic E-state index is 0.106. The van der Waals surface area contributed by atoms with Gasteiger partial charge in [0, 0.05) is 21.5 Å². The average Bonchev–Trinajstić information content (AvgIpc) is 3.07. The van der Waals surface area contributed by atoms with Crippen LogP contribution < -0.4 is 10.5 Å². The van der Waals surface area contributed by atoms with Crippen LogP contribution >= 0.6 is 15.9 Å². The molecule has 0 bridgehead atoms. The Morgan fingerprint density at radius 2 is 1.95 bits per heavy atom. The highest BCUT2D eigenvalue weighted by atomic mass is 79.9. The summed E-state index contributed by atoms with van der Waals surface area (Å²) in [6, 6.07) is 2.51. The van der Waals surface area contributed by atoms with Crippen LogP contribution in [-0.2, 0) is 11.6 Å². The molecule has 2 N–H and O–H groups in total. The Bertz CT molecular complexity index is 495. The lowest BCUT2D eigenvalue weighted by molar-refractivity contribution is -0.138. The predicted octanol–water partition coefficient (Wildman–Crippen LogP) is 3.86. The first-order chi connectivity index (χ1) is 8.72. The van der Waals surface area contributed by atoms with Gasteiger partial charge in [0.1, 0.15) is 5.75 Å². The minimum atomic E-state index is -4.45. The molecule has 0 aliphatic heterocycles. The molecule has 1 aliphatic carbocycles. The van der Waals surface area contributed by atoms with Crippen LogP contribution in [0.15, 0.2) is 16.6 Å². The fourth-order valence-electron chi connectivity index (χ4n) is 2.50. The first kappa shape index (κ1) is 14.7. The number of benzene rings is 1. The molecule has 19 heavy (non-hydrogen) atoms. The number of alkyl halides is 3. The number of hydrogen-bond donors (Lipinski definition) is 1. The second kappa shape index (κ2) is 4.66. The van der Waals surface area contributed by atoms with Gasteiger partial charge in [0.2, 0.25) is 0 Å². The van der Waals surface area contributed by atoms with Gasteiger partial charge in [0.25, 0.3) is 0 Å².